The molecule has 1 saturated heterocycles. The summed E-state index contributed by atoms with van der Waals surface area (Å²) in [7, 11) is 0. The second-order valence-corrected chi connectivity index (χ2v) is 6.65. The summed E-state index contributed by atoms with van der Waals surface area (Å²) < 4.78 is 0. The fourth-order valence-electron chi connectivity index (χ4n) is 3.72. The maximum absolute atomic E-state index is 12.2. The Morgan fingerprint density at radius 3 is 2.38 bits per heavy atom. The van der Waals surface area contributed by atoms with Crippen LogP contribution in [0.15, 0.2) is 0 Å². The Kier molecular flexibility index (Phi) is 5.62. The summed E-state index contributed by atoms with van der Waals surface area (Å²) in [6, 6.07) is 0.220. The minimum absolute atomic E-state index is 0.0757. The van der Waals surface area contributed by atoms with Gasteiger partial charge in [-0.3, -0.25) is 9.59 Å². The van der Waals surface area contributed by atoms with Crippen molar-refractivity contribution in [3.8, 4) is 0 Å². The van der Waals surface area contributed by atoms with Gasteiger partial charge in [0.05, 0.1) is 5.41 Å². The van der Waals surface area contributed by atoms with Crippen LogP contribution in [0.4, 0.5) is 0 Å². The summed E-state index contributed by atoms with van der Waals surface area (Å²) in [6.45, 7) is 5.37. The van der Waals surface area contributed by atoms with Crippen LogP contribution >= 0.6 is 0 Å². The van der Waals surface area contributed by atoms with Gasteiger partial charge < -0.3 is 15.3 Å². The quantitative estimate of drug-likeness (QED) is 0.786. The van der Waals surface area contributed by atoms with Gasteiger partial charge in [0.25, 0.3) is 0 Å². The van der Waals surface area contributed by atoms with E-state index in [-0.39, 0.29) is 18.4 Å². The molecule has 120 valence electrons. The van der Waals surface area contributed by atoms with E-state index in [0.29, 0.717) is 12.8 Å². The zero-order chi connectivity index (χ0) is 15.3. The number of rotatable bonds is 6. The second kappa shape index (κ2) is 7.25. The molecule has 0 bridgehead atoms. The average molecular weight is 296 g/mol. The standard InChI is InChI=1S/C16H28N2O3/c1-2-9-18-10-5-13(6-11-18)17-14(19)12-16(15(20)21)7-3-4-8-16/h13H,2-12H2,1H3,(H,17,19)(H,20,21). The van der Waals surface area contributed by atoms with Gasteiger partial charge in [-0.15, -0.1) is 0 Å². The fourth-order valence-corrected chi connectivity index (χ4v) is 3.72. The Labute approximate surface area is 127 Å². The zero-order valence-corrected chi connectivity index (χ0v) is 13.1. The van der Waals surface area contributed by atoms with E-state index in [2.05, 4.69) is 17.1 Å². The third-order valence-corrected chi connectivity index (χ3v) is 5.01. The summed E-state index contributed by atoms with van der Waals surface area (Å²) >= 11 is 0. The van der Waals surface area contributed by atoms with Gasteiger partial charge in [0.15, 0.2) is 0 Å². The molecular weight excluding hydrogens is 268 g/mol. The Balaban J connectivity index is 1.78. The number of carboxylic acid groups (broad SMARTS) is 1. The van der Waals surface area contributed by atoms with E-state index >= 15 is 0 Å². The monoisotopic (exact) mass is 296 g/mol. The largest absolute Gasteiger partial charge is 0.481 e. The van der Waals surface area contributed by atoms with Crippen LogP contribution in [0.3, 0.4) is 0 Å². The number of hydrogen-bond donors (Lipinski definition) is 2. The lowest BCUT2D eigenvalue weighted by Gasteiger charge is -2.33. The second-order valence-electron chi connectivity index (χ2n) is 6.65. The maximum atomic E-state index is 12.2. The van der Waals surface area contributed by atoms with Crippen molar-refractivity contribution < 1.29 is 14.7 Å². The molecule has 0 aromatic carbocycles. The molecule has 0 spiro atoms. The fraction of sp³-hybridized carbons (Fsp3) is 0.875. The molecule has 0 aromatic rings. The highest BCUT2D eigenvalue weighted by molar-refractivity contribution is 5.85. The average Bonchev–Trinajstić information content (AvgIpc) is 2.91. The van der Waals surface area contributed by atoms with Crippen LogP contribution in [0, 0.1) is 5.41 Å². The summed E-state index contributed by atoms with van der Waals surface area (Å²) in [6.07, 6.45) is 6.41. The van der Waals surface area contributed by atoms with E-state index in [1.165, 1.54) is 0 Å². The first-order valence-electron chi connectivity index (χ1n) is 8.31. The highest BCUT2D eigenvalue weighted by Crippen LogP contribution is 2.41. The lowest BCUT2D eigenvalue weighted by atomic mass is 9.82. The Bertz CT molecular complexity index is 370. The van der Waals surface area contributed by atoms with Gasteiger partial charge in [-0.2, -0.15) is 0 Å². The van der Waals surface area contributed by atoms with E-state index in [4.69, 9.17) is 0 Å². The maximum Gasteiger partial charge on any atom is 0.310 e. The molecule has 1 saturated carbocycles. The number of hydrogen-bond acceptors (Lipinski definition) is 3. The predicted molar refractivity (Wildman–Crippen MR) is 81.0 cm³/mol. The normalized spacial score (nSPS) is 23.1. The number of nitrogens with one attached hydrogen (secondary N) is 1. The van der Waals surface area contributed by atoms with Gasteiger partial charge >= 0.3 is 5.97 Å². The lowest BCUT2D eigenvalue weighted by Crippen LogP contribution is -2.46. The first kappa shape index (κ1) is 16.3. The molecule has 21 heavy (non-hydrogen) atoms. The van der Waals surface area contributed by atoms with Crippen molar-refractivity contribution >= 4 is 11.9 Å². The van der Waals surface area contributed by atoms with Gasteiger partial charge in [-0.05, 0) is 38.6 Å². The molecule has 5 heteroatoms. The molecule has 0 atom stereocenters. The van der Waals surface area contributed by atoms with Crippen LogP contribution in [-0.2, 0) is 9.59 Å². The van der Waals surface area contributed by atoms with Crippen molar-refractivity contribution in [1.82, 2.24) is 10.2 Å². The van der Waals surface area contributed by atoms with E-state index in [1.54, 1.807) is 0 Å². The number of amides is 1. The van der Waals surface area contributed by atoms with Gasteiger partial charge in [-0.1, -0.05) is 19.8 Å². The molecule has 1 aliphatic carbocycles. The predicted octanol–water partition coefficient (Wildman–Crippen LogP) is 2.01. The molecule has 5 nitrogen and oxygen atoms in total. The molecule has 2 aliphatic rings. The van der Waals surface area contributed by atoms with Crippen LogP contribution < -0.4 is 5.32 Å². The summed E-state index contributed by atoms with van der Waals surface area (Å²) in [4.78, 5) is 26.1. The SMILES string of the molecule is CCCN1CCC(NC(=O)CC2(C(=O)O)CCCC2)CC1. The lowest BCUT2D eigenvalue weighted by molar-refractivity contribution is -0.151. The van der Waals surface area contributed by atoms with Crippen molar-refractivity contribution in [3.63, 3.8) is 0 Å². The molecule has 0 radical (unpaired) electrons. The number of carboxylic acids is 1. The molecule has 2 rings (SSSR count). The number of aliphatic carboxylic acids is 1. The molecular formula is C16H28N2O3. The minimum atomic E-state index is -0.799. The molecule has 1 heterocycles. The zero-order valence-electron chi connectivity index (χ0n) is 13.1. The summed E-state index contributed by atoms with van der Waals surface area (Å²) in [5.41, 5.74) is -0.799. The van der Waals surface area contributed by atoms with Gasteiger partial charge in [-0.25, -0.2) is 0 Å². The third kappa shape index (κ3) is 4.19. The molecule has 1 aliphatic heterocycles. The number of nitrogens with zero attached hydrogens (tertiary/aromatic N) is 1. The highest BCUT2D eigenvalue weighted by Gasteiger charge is 2.43. The Hall–Kier alpha value is -1.10. The summed E-state index contributed by atoms with van der Waals surface area (Å²) in [5, 5.41) is 12.5. The van der Waals surface area contributed by atoms with Crippen molar-refractivity contribution in [2.45, 2.75) is 64.3 Å². The van der Waals surface area contributed by atoms with Crippen LogP contribution in [-0.4, -0.2) is 47.6 Å². The first-order chi connectivity index (χ1) is 10.1. The number of likely N-dealkylation sites (tertiary alicyclic amines) is 1. The van der Waals surface area contributed by atoms with Crippen molar-refractivity contribution in [2.75, 3.05) is 19.6 Å². The molecule has 2 N–H and O–H groups in total. The number of carbonyl (C=O) groups is 2. The molecule has 2 fully saturated rings. The molecule has 0 aromatic heterocycles. The van der Waals surface area contributed by atoms with Crippen molar-refractivity contribution in [1.29, 1.82) is 0 Å². The van der Waals surface area contributed by atoms with E-state index in [1.807, 2.05) is 0 Å². The van der Waals surface area contributed by atoms with Crippen molar-refractivity contribution in [3.05, 3.63) is 0 Å². The van der Waals surface area contributed by atoms with E-state index < -0.39 is 11.4 Å². The van der Waals surface area contributed by atoms with Gasteiger partial charge in [0.2, 0.25) is 5.91 Å². The Morgan fingerprint density at radius 2 is 1.86 bits per heavy atom. The Morgan fingerprint density at radius 1 is 1.24 bits per heavy atom. The first-order valence-corrected chi connectivity index (χ1v) is 8.31. The van der Waals surface area contributed by atoms with E-state index in [9.17, 15) is 14.7 Å². The molecule has 0 unspecified atom stereocenters. The van der Waals surface area contributed by atoms with Crippen LogP contribution in [0.1, 0.15) is 58.3 Å². The summed E-state index contributed by atoms with van der Waals surface area (Å²) in [5.74, 6) is -0.874. The smallest absolute Gasteiger partial charge is 0.310 e. The number of piperidine rings is 1. The topological polar surface area (TPSA) is 69.6 Å². The van der Waals surface area contributed by atoms with Gasteiger partial charge in [0, 0.05) is 25.6 Å². The van der Waals surface area contributed by atoms with Crippen molar-refractivity contribution in [2.24, 2.45) is 5.41 Å². The third-order valence-electron chi connectivity index (χ3n) is 5.01. The van der Waals surface area contributed by atoms with Gasteiger partial charge in [0.1, 0.15) is 0 Å². The number of carbonyl (C=O) groups excluding carboxylic acids is 1. The molecule has 1 amide bonds. The highest BCUT2D eigenvalue weighted by atomic mass is 16.4. The van der Waals surface area contributed by atoms with Crippen LogP contribution in [0.5, 0.6) is 0 Å². The van der Waals surface area contributed by atoms with Crippen LogP contribution in [0.25, 0.3) is 0 Å². The van der Waals surface area contributed by atoms with Crippen LogP contribution in [0.2, 0.25) is 0 Å². The van der Waals surface area contributed by atoms with E-state index in [0.717, 1.165) is 51.7 Å². The minimum Gasteiger partial charge on any atom is -0.481 e.